The Bertz CT molecular complexity index is 416. The van der Waals surface area contributed by atoms with Crippen LogP contribution in [0.15, 0.2) is 23.6 Å². The van der Waals surface area contributed by atoms with E-state index in [0.29, 0.717) is 25.7 Å². The van der Waals surface area contributed by atoms with Crippen molar-refractivity contribution in [1.82, 2.24) is 14.9 Å². The first-order valence-electron chi connectivity index (χ1n) is 6.42. The summed E-state index contributed by atoms with van der Waals surface area (Å²) in [6, 6.07) is 0. The van der Waals surface area contributed by atoms with E-state index < -0.39 is 0 Å². The minimum absolute atomic E-state index is 0. The summed E-state index contributed by atoms with van der Waals surface area (Å²) >= 11 is 0. The molecule has 112 valence electrons. The van der Waals surface area contributed by atoms with E-state index in [0.717, 1.165) is 18.9 Å². The standard InChI is InChI=1S/C12H20N6O.HI/c1-10-9-18(6-7-19-10)12(13)17-5-4-16-11-8-14-2-3-15-11;/h2-3,8,10H,4-7,9H2,1H3,(H2,13,17)(H,15,16);1H. The zero-order valence-corrected chi connectivity index (χ0v) is 13.9. The number of hydrogen-bond donors (Lipinski definition) is 2. The van der Waals surface area contributed by atoms with Crippen LogP contribution in [-0.4, -0.2) is 59.7 Å². The van der Waals surface area contributed by atoms with Gasteiger partial charge in [-0.25, -0.2) is 4.98 Å². The highest BCUT2D eigenvalue weighted by Crippen LogP contribution is 2.03. The maximum absolute atomic E-state index is 5.95. The molecule has 7 nitrogen and oxygen atoms in total. The van der Waals surface area contributed by atoms with Crippen LogP contribution in [-0.2, 0) is 4.74 Å². The second kappa shape index (κ2) is 8.90. The van der Waals surface area contributed by atoms with Gasteiger partial charge in [-0.2, -0.15) is 0 Å². The lowest BCUT2D eigenvalue weighted by atomic mass is 10.3. The van der Waals surface area contributed by atoms with Crippen molar-refractivity contribution < 1.29 is 4.74 Å². The number of anilines is 1. The number of guanidine groups is 1. The fourth-order valence-electron chi connectivity index (χ4n) is 1.87. The summed E-state index contributed by atoms with van der Waals surface area (Å²) in [5, 5.41) is 3.13. The topological polar surface area (TPSA) is 88.7 Å². The molecule has 0 saturated carbocycles. The average molecular weight is 392 g/mol. The number of ether oxygens (including phenoxy) is 1. The van der Waals surface area contributed by atoms with Crippen LogP contribution < -0.4 is 11.1 Å². The van der Waals surface area contributed by atoms with Gasteiger partial charge in [0.05, 0.1) is 25.5 Å². The number of halogens is 1. The number of morpholine rings is 1. The fourth-order valence-corrected chi connectivity index (χ4v) is 1.87. The maximum atomic E-state index is 5.95. The van der Waals surface area contributed by atoms with Crippen molar-refractivity contribution in [1.29, 1.82) is 0 Å². The van der Waals surface area contributed by atoms with Crippen LogP contribution >= 0.6 is 24.0 Å². The van der Waals surface area contributed by atoms with Gasteiger partial charge in [-0.05, 0) is 6.92 Å². The molecule has 1 aliphatic rings. The Morgan fingerprint density at radius 3 is 3.15 bits per heavy atom. The van der Waals surface area contributed by atoms with Gasteiger partial charge in [-0.1, -0.05) is 0 Å². The minimum atomic E-state index is 0. The molecule has 2 rings (SSSR count). The molecule has 0 bridgehead atoms. The zero-order valence-electron chi connectivity index (χ0n) is 11.5. The van der Waals surface area contributed by atoms with Gasteiger partial charge in [0.15, 0.2) is 5.96 Å². The molecule has 1 fully saturated rings. The van der Waals surface area contributed by atoms with Crippen molar-refractivity contribution in [3.63, 3.8) is 0 Å². The molecule has 1 unspecified atom stereocenters. The molecule has 1 aromatic rings. The van der Waals surface area contributed by atoms with E-state index in [4.69, 9.17) is 10.5 Å². The molecule has 8 heteroatoms. The number of nitrogens with two attached hydrogens (primary N) is 1. The molecule has 0 amide bonds. The van der Waals surface area contributed by atoms with E-state index in [1.54, 1.807) is 18.6 Å². The molecule has 1 saturated heterocycles. The van der Waals surface area contributed by atoms with E-state index in [1.165, 1.54) is 0 Å². The first-order chi connectivity index (χ1) is 9.25. The number of hydrogen-bond acceptors (Lipinski definition) is 5. The minimum Gasteiger partial charge on any atom is -0.375 e. The molecule has 1 atom stereocenters. The molecule has 0 aromatic carbocycles. The highest BCUT2D eigenvalue weighted by Gasteiger charge is 2.17. The van der Waals surface area contributed by atoms with Crippen LogP contribution in [0.25, 0.3) is 0 Å². The summed E-state index contributed by atoms with van der Waals surface area (Å²) in [6.45, 7) is 5.63. The lowest BCUT2D eigenvalue weighted by Crippen LogP contribution is -2.48. The van der Waals surface area contributed by atoms with Crippen LogP contribution in [0.2, 0.25) is 0 Å². The van der Waals surface area contributed by atoms with Crippen molar-refractivity contribution >= 4 is 35.8 Å². The third kappa shape index (κ3) is 5.45. The normalized spacial score (nSPS) is 19.4. The van der Waals surface area contributed by atoms with E-state index in [1.807, 2.05) is 6.92 Å². The van der Waals surface area contributed by atoms with E-state index in [9.17, 15) is 0 Å². The average Bonchev–Trinajstić information content (AvgIpc) is 2.44. The van der Waals surface area contributed by atoms with E-state index in [2.05, 4.69) is 25.2 Å². The van der Waals surface area contributed by atoms with Crippen molar-refractivity contribution in [2.24, 2.45) is 10.7 Å². The van der Waals surface area contributed by atoms with Crippen LogP contribution in [0, 0.1) is 0 Å². The first-order valence-corrected chi connectivity index (χ1v) is 6.42. The molecular weight excluding hydrogens is 371 g/mol. The van der Waals surface area contributed by atoms with Gasteiger partial charge in [0.2, 0.25) is 0 Å². The van der Waals surface area contributed by atoms with Gasteiger partial charge in [0, 0.05) is 32.0 Å². The van der Waals surface area contributed by atoms with Crippen LogP contribution in [0.3, 0.4) is 0 Å². The van der Waals surface area contributed by atoms with Crippen molar-refractivity contribution in [3.05, 3.63) is 18.6 Å². The second-order valence-electron chi connectivity index (χ2n) is 4.38. The van der Waals surface area contributed by atoms with E-state index >= 15 is 0 Å². The molecule has 3 N–H and O–H groups in total. The van der Waals surface area contributed by atoms with E-state index in [-0.39, 0.29) is 30.1 Å². The maximum Gasteiger partial charge on any atom is 0.191 e. The highest BCUT2D eigenvalue weighted by atomic mass is 127. The third-order valence-corrected chi connectivity index (χ3v) is 2.82. The Kier molecular flexibility index (Phi) is 7.52. The van der Waals surface area contributed by atoms with Gasteiger partial charge in [0.25, 0.3) is 0 Å². The monoisotopic (exact) mass is 392 g/mol. The first kappa shape index (κ1) is 16.9. The number of nitrogens with one attached hydrogen (secondary N) is 1. The summed E-state index contributed by atoms with van der Waals surface area (Å²) in [4.78, 5) is 14.5. The molecule has 0 spiro atoms. The Labute approximate surface area is 136 Å². The van der Waals surface area contributed by atoms with Crippen molar-refractivity contribution in [3.8, 4) is 0 Å². The molecule has 0 aliphatic carbocycles. The zero-order chi connectivity index (χ0) is 13.5. The largest absolute Gasteiger partial charge is 0.375 e. The van der Waals surface area contributed by atoms with Gasteiger partial charge in [-0.3, -0.25) is 9.98 Å². The van der Waals surface area contributed by atoms with Gasteiger partial charge in [0.1, 0.15) is 5.82 Å². The lowest BCUT2D eigenvalue weighted by molar-refractivity contribution is 0.00531. The Morgan fingerprint density at radius 2 is 2.45 bits per heavy atom. The molecular formula is C12H21IN6O. The molecule has 2 heterocycles. The summed E-state index contributed by atoms with van der Waals surface area (Å²) in [7, 11) is 0. The van der Waals surface area contributed by atoms with Crippen molar-refractivity contribution in [2.75, 3.05) is 38.1 Å². The summed E-state index contributed by atoms with van der Waals surface area (Å²) in [5.41, 5.74) is 5.95. The Balaban J connectivity index is 0.00000200. The Morgan fingerprint density at radius 1 is 1.60 bits per heavy atom. The van der Waals surface area contributed by atoms with Crippen LogP contribution in [0.4, 0.5) is 5.82 Å². The van der Waals surface area contributed by atoms with Crippen LogP contribution in [0.5, 0.6) is 0 Å². The fraction of sp³-hybridized carbons (Fsp3) is 0.583. The van der Waals surface area contributed by atoms with Gasteiger partial charge in [-0.15, -0.1) is 24.0 Å². The third-order valence-electron chi connectivity index (χ3n) is 2.82. The highest BCUT2D eigenvalue weighted by molar-refractivity contribution is 14.0. The summed E-state index contributed by atoms with van der Waals surface area (Å²) in [6.07, 6.45) is 5.17. The molecule has 1 aliphatic heterocycles. The SMILES string of the molecule is CC1CN(C(N)=NCCNc2cnccn2)CCO1.I. The van der Waals surface area contributed by atoms with Gasteiger partial charge >= 0.3 is 0 Å². The van der Waals surface area contributed by atoms with Crippen molar-refractivity contribution in [2.45, 2.75) is 13.0 Å². The number of aromatic nitrogens is 2. The second-order valence-corrected chi connectivity index (χ2v) is 4.38. The molecule has 0 radical (unpaired) electrons. The van der Waals surface area contributed by atoms with Crippen LogP contribution in [0.1, 0.15) is 6.92 Å². The quantitative estimate of drug-likeness (QED) is 0.337. The summed E-state index contributed by atoms with van der Waals surface area (Å²) in [5.74, 6) is 1.33. The smallest absolute Gasteiger partial charge is 0.191 e. The predicted molar refractivity (Wildman–Crippen MR) is 89.4 cm³/mol. The Hall–Kier alpha value is -1.16. The molecule has 1 aromatic heterocycles. The summed E-state index contributed by atoms with van der Waals surface area (Å²) < 4.78 is 5.46. The van der Waals surface area contributed by atoms with Gasteiger partial charge < -0.3 is 20.7 Å². The number of rotatable bonds is 4. The predicted octanol–water partition coefficient (Wildman–Crippen LogP) is 0.542. The molecule has 20 heavy (non-hydrogen) atoms. The number of nitrogens with zero attached hydrogens (tertiary/aromatic N) is 4. The lowest BCUT2D eigenvalue weighted by Gasteiger charge is -2.31. The number of aliphatic imine (C=N–C) groups is 1.